The summed E-state index contributed by atoms with van der Waals surface area (Å²) in [5.74, 6) is 0.0850. The number of hydrogen-bond donors (Lipinski definition) is 1. The van der Waals surface area contributed by atoms with Crippen molar-refractivity contribution in [3.05, 3.63) is 57.9 Å². The average molecular weight is 324 g/mol. The zero-order chi connectivity index (χ0) is 15.6. The van der Waals surface area contributed by atoms with Gasteiger partial charge < -0.3 is 9.88 Å². The number of para-hydroxylation sites is 1. The molecule has 23 heavy (non-hydrogen) atoms. The maximum atomic E-state index is 12.2. The van der Waals surface area contributed by atoms with Gasteiger partial charge in [0.05, 0.1) is 4.88 Å². The predicted octanol–water partition coefficient (Wildman–Crippen LogP) is 4.01. The number of carbonyl (C=O) groups is 1. The summed E-state index contributed by atoms with van der Waals surface area (Å²) in [5, 5.41) is 4.32. The van der Waals surface area contributed by atoms with Gasteiger partial charge in [0, 0.05) is 29.7 Å². The lowest BCUT2D eigenvalue weighted by Gasteiger charge is -2.06. The van der Waals surface area contributed by atoms with Gasteiger partial charge in [-0.05, 0) is 54.8 Å². The van der Waals surface area contributed by atoms with Crippen molar-refractivity contribution in [1.82, 2.24) is 9.88 Å². The lowest BCUT2D eigenvalue weighted by Crippen LogP contribution is -2.24. The molecular formula is C19H20N2OS. The normalized spacial score (nSPS) is 13.4. The molecule has 2 heterocycles. The second-order valence-corrected chi connectivity index (χ2v) is 7.23. The number of aryl methyl sites for hydroxylation is 3. The third-order valence-electron chi connectivity index (χ3n) is 4.51. The number of nitrogens with one attached hydrogen (secondary N) is 1. The Morgan fingerprint density at radius 3 is 3.04 bits per heavy atom. The third kappa shape index (κ3) is 2.91. The van der Waals surface area contributed by atoms with Crippen LogP contribution in [0.2, 0.25) is 0 Å². The molecule has 2 aromatic heterocycles. The van der Waals surface area contributed by atoms with Crippen molar-refractivity contribution in [1.29, 1.82) is 0 Å². The molecule has 4 rings (SSSR count). The number of fused-ring (bicyclic) bond motifs is 2. The minimum atomic E-state index is 0.0850. The van der Waals surface area contributed by atoms with Crippen molar-refractivity contribution >= 4 is 28.1 Å². The van der Waals surface area contributed by atoms with Crippen LogP contribution in [0, 0.1) is 0 Å². The van der Waals surface area contributed by atoms with Crippen molar-refractivity contribution in [2.24, 2.45) is 0 Å². The van der Waals surface area contributed by atoms with Crippen molar-refractivity contribution in [2.75, 3.05) is 6.54 Å². The Balaban J connectivity index is 1.30. The van der Waals surface area contributed by atoms with Crippen molar-refractivity contribution in [3.8, 4) is 0 Å². The Kier molecular flexibility index (Phi) is 3.92. The molecule has 0 atom stereocenters. The van der Waals surface area contributed by atoms with Crippen LogP contribution in [0.4, 0.5) is 0 Å². The highest BCUT2D eigenvalue weighted by molar-refractivity contribution is 7.14. The van der Waals surface area contributed by atoms with Gasteiger partial charge in [-0.25, -0.2) is 0 Å². The molecule has 0 bridgehead atoms. The van der Waals surface area contributed by atoms with Crippen LogP contribution < -0.4 is 5.32 Å². The number of thiophene rings is 1. The van der Waals surface area contributed by atoms with E-state index in [1.807, 2.05) is 0 Å². The fourth-order valence-corrected chi connectivity index (χ4v) is 4.48. The standard InChI is InChI=1S/C19H20N2OS/c22-19(18-13-15-6-3-8-17(15)23-18)20-10-4-11-21-12-9-14-5-1-2-7-16(14)21/h1-2,5,7,9,12-13H,3-4,6,8,10-11H2,(H,20,22). The maximum absolute atomic E-state index is 12.2. The largest absolute Gasteiger partial charge is 0.351 e. The van der Waals surface area contributed by atoms with Gasteiger partial charge in [-0.1, -0.05) is 18.2 Å². The first-order valence-corrected chi connectivity index (χ1v) is 9.06. The molecule has 0 spiro atoms. The summed E-state index contributed by atoms with van der Waals surface area (Å²) >= 11 is 1.67. The summed E-state index contributed by atoms with van der Waals surface area (Å²) in [7, 11) is 0. The number of amides is 1. The summed E-state index contributed by atoms with van der Waals surface area (Å²) < 4.78 is 2.25. The number of benzene rings is 1. The van der Waals surface area contributed by atoms with E-state index in [-0.39, 0.29) is 5.91 Å². The molecule has 0 saturated heterocycles. The van der Waals surface area contributed by atoms with Gasteiger partial charge in [0.25, 0.3) is 5.91 Å². The highest BCUT2D eigenvalue weighted by atomic mass is 32.1. The quantitative estimate of drug-likeness (QED) is 0.707. The first-order valence-electron chi connectivity index (χ1n) is 8.25. The molecule has 0 radical (unpaired) electrons. The summed E-state index contributed by atoms with van der Waals surface area (Å²) in [5.41, 5.74) is 2.65. The van der Waals surface area contributed by atoms with Crippen LogP contribution in [0.25, 0.3) is 10.9 Å². The number of nitrogens with zero attached hydrogens (tertiary/aromatic N) is 1. The summed E-state index contributed by atoms with van der Waals surface area (Å²) in [6.45, 7) is 1.64. The summed E-state index contributed by atoms with van der Waals surface area (Å²) in [6.07, 6.45) is 6.59. The molecule has 1 N–H and O–H groups in total. The molecular weight excluding hydrogens is 304 g/mol. The number of rotatable bonds is 5. The van der Waals surface area contributed by atoms with Gasteiger partial charge >= 0.3 is 0 Å². The van der Waals surface area contributed by atoms with E-state index in [4.69, 9.17) is 0 Å². The van der Waals surface area contributed by atoms with Gasteiger partial charge in [-0.15, -0.1) is 11.3 Å². The molecule has 0 aliphatic heterocycles. The predicted molar refractivity (Wildman–Crippen MR) is 95.2 cm³/mol. The van der Waals surface area contributed by atoms with Gasteiger partial charge in [-0.3, -0.25) is 4.79 Å². The molecule has 1 amide bonds. The molecule has 0 fully saturated rings. The van der Waals surface area contributed by atoms with Gasteiger partial charge in [0.2, 0.25) is 0 Å². The third-order valence-corrected chi connectivity index (χ3v) is 5.75. The SMILES string of the molecule is O=C(NCCCn1ccc2ccccc21)c1cc2c(s1)CCC2. The van der Waals surface area contributed by atoms with Crippen LogP contribution in [0.1, 0.15) is 33.0 Å². The fourth-order valence-electron chi connectivity index (χ4n) is 3.31. The minimum absolute atomic E-state index is 0.0850. The van der Waals surface area contributed by atoms with Gasteiger partial charge in [0.15, 0.2) is 0 Å². The second-order valence-electron chi connectivity index (χ2n) is 6.09. The molecule has 1 aliphatic carbocycles. The Labute approximate surface area is 139 Å². The van der Waals surface area contributed by atoms with E-state index in [0.717, 1.165) is 30.7 Å². The molecule has 118 valence electrons. The number of hydrogen-bond acceptors (Lipinski definition) is 2. The smallest absolute Gasteiger partial charge is 0.261 e. The van der Waals surface area contributed by atoms with Crippen LogP contribution in [-0.4, -0.2) is 17.0 Å². The molecule has 1 aliphatic rings. The van der Waals surface area contributed by atoms with Crippen molar-refractivity contribution in [3.63, 3.8) is 0 Å². The van der Waals surface area contributed by atoms with Crippen LogP contribution in [0.3, 0.4) is 0 Å². The average Bonchev–Trinajstić information content (AvgIpc) is 3.25. The first kappa shape index (κ1) is 14.5. The maximum Gasteiger partial charge on any atom is 0.261 e. The van der Waals surface area contributed by atoms with E-state index in [2.05, 4.69) is 52.5 Å². The van der Waals surface area contributed by atoms with Crippen LogP contribution in [-0.2, 0) is 19.4 Å². The first-order chi connectivity index (χ1) is 11.3. The highest BCUT2D eigenvalue weighted by Crippen LogP contribution is 2.30. The van der Waals surface area contributed by atoms with Crippen molar-refractivity contribution in [2.45, 2.75) is 32.2 Å². The van der Waals surface area contributed by atoms with Gasteiger partial charge in [0.1, 0.15) is 0 Å². The Morgan fingerprint density at radius 1 is 1.22 bits per heavy atom. The Bertz CT molecular complexity index is 825. The minimum Gasteiger partial charge on any atom is -0.351 e. The molecule has 3 nitrogen and oxygen atoms in total. The zero-order valence-electron chi connectivity index (χ0n) is 13.0. The van der Waals surface area contributed by atoms with Crippen LogP contribution in [0.15, 0.2) is 42.6 Å². The van der Waals surface area contributed by atoms with E-state index in [0.29, 0.717) is 6.54 Å². The zero-order valence-corrected chi connectivity index (χ0v) is 13.9. The Hall–Kier alpha value is -2.07. The lowest BCUT2D eigenvalue weighted by atomic mass is 10.2. The molecule has 0 saturated carbocycles. The number of carbonyl (C=O) groups excluding carboxylic acids is 1. The highest BCUT2D eigenvalue weighted by Gasteiger charge is 2.18. The van der Waals surface area contributed by atoms with Gasteiger partial charge in [-0.2, -0.15) is 0 Å². The Morgan fingerprint density at radius 2 is 2.13 bits per heavy atom. The fraction of sp³-hybridized carbons (Fsp3) is 0.316. The van der Waals surface area contributed by atoms with E-state index in [1.54, 1.807) is 11.3 Å². The number of aromatic nitrogens is 1. The summed E-state index contributed by atoms with van der Waals surface area (Å²) in [4.78, 5) is 14.5. The monoisotopic (exact) mass is 324 g/mol. The van der Waals surface area contributed by atoms with E-state index in [1.165, 1.54) is 27.8 Å². The molecule has 3 aromatic rings. The molecule has 1 aromatic carbocycles. The second kappa shape index (κ2) is 6.20. The van der Waals surface area contributed by atoms with E-state index >= 15 is 0 Å². The van der Waals surface area contributed by atoms with E-state index < -0.39 is 0 Å². The summed E-state index contributed by atoms with van der Waals surface area (Å²) in [6, 6.07) is 12.6. The van der Waals surface area contributed by atoms with E-state index in [9.17, 15) is 4.79 Å². The lowest BCUT2D eigenvalue weighted by molar-refractivity contribution is 0.0957. The topological polar surface area (TPSA) is 34.0 Å². The molecule has 4 heteroatoms. The van der Waals surface area contributed by atoms with Crippen molar-refractivity contribution < 1.29 is 4.79 Å². The molecule has 0 unspecified atom stereocenters. The van der Waals surface area contributed by atoms with Crippen LogP contribution >= 0.6 is 11.3 Å². The van der Waals surface area contributed by atoms with Crippen LogP contribution in [0.5, 0.6) is 0 Å².